The van der Waals surface area contributed by atoms with Crippen molar-refractivity contribution < 1.29 is 18.3 Å². The molecule has 6 heteroatoms. The predicted molar refractivity (Wildman–Crippen MR) is 48.9 cm³/mol. The fourth-order valence-electron chi connectivity index (χ4n) is 2.14. The molecule has 2 aliphatic rings. The molecular formula is C9H14F2N2O2. The molecule has 2 saturated heterocycles. The zero-order valence-electron chi connectivity index (χ0n) is 8.34. The lowest BCUT2D eigenvalue weighted by molar-refractivity contribution is 0.0316. The first-order chi connectivity index (χ1) is 7.11. The van der Waals surface area contributed by atoms with Crippen molar-refractivity contribution in [2.45, 2.75) is 24.9 Å². The molecule has 2 rings (SSSR count). The second-order valence-corrected chi connectivity index (χ2v) is 4.07. The lowest BCUT2D eigenvalue weighted by atomic mass is 9.92. The maximum Gasteiger partial charge on any atom is 0.410 e. The summed E-state index contributed by atoms with van der Waals surface area (Å²) in [6, 6.07) is 0. The number of carbonyl (C=O) groups is 1. The lowest BCUT2D eigenvalue weighted by Crippen LogP contribution is -2.45. The Hall–Kier alpha value is -0.910. The lowest BCUT2D eigenvalue weighted by Gasteiger charge is -2.31. The molecular weight excluding hydrogens is 206 g/mol. The Balaban J connectivity index is 1.98. The number of halogens is 2. The highest BCUT2D eigenvalue weighted by molar-refractivity contribution is 5.70. The summed E-state index contributed by atoms with van der Waals surface area (Å²) in [4.78, 5) is 12.4. The monoisotopic (exact) mass is 220 g/mol. The molecule has 86 valence electrons. The fraction of sp³-hybridized carbons (Fsp3) is 0.889. The third kappa shape index (κ3) is 2.19. The molecule has 0 unspecified atom stereocenters. The molecule has 2 fully saturated rings. The van der Waals surface area contributed by atoms with Crippen LogP contribution in [-0.4, -0.2) is 49.2 Å². The molecule has 0 atom stereocenters. The molecule has 0 aromatic rings. The minimum atomic E-state index is -2.49. The zero-order valence-corrected chi connectivity index (χ0v) is 8.34. The van der Waals surface area contributed by atoms with Gasteiger partial charge in [-0.1, -0.05) is 0 Å². The summed E-state index contributed by atoms with van der Waals surface area (Å²) in [6.45, 7) is 1.33. The van der Waals surface area contributed by atoms with Crippen molar-refractivity contribution in [1.82, 2.24) is 10.2 Å². The molecule has 0 aromatic carbocycles. The van der Waals surface area contributed by atoms with E-state index >= 15 is 0 Å². The van der Waals surface area contributed by atoms with Crippen molar-refractivity contribution in [3.63, 3.8) is 0 Å². The minimum absolute atomic E-state index is 0.303. The smallest absolute Gasteiger partial charge is 0.410 e. The molecule has 2 heterocycles. The summed E-state index contributed by atoms with van der Waals surface area (Å²) < 4.78 is 29.5. The highest BCUT2D eigenvalue weighted by atomic mass is 19.3. The van der Waals surface area contributed by atoms with E-state index in [1.165, 1.54) is 0 Å². The van der Waals surface area contributed by atoms with Crippen LogP contribution in [0.1, 0.15) is 12.8 Å². The number of rotatable bonds is 2. The molecule has 2 aliphatic heterocycles. The number of alkyl halides is 2. The van der Waals surface area contributed by atoms with E-state index in [2.05, 4.69) is 5.32 Å². The van der Waals surface area contributed by atoms with Gasteiger partial charge in [-0.3, -0.25) is 4.90 Å². The average molecular weight is 220 g/mol. The van der Waals surface area contributed by atoms with Crippen LogP contribution in [0, 0.1) is 0 Å². The SMILES string of the molecule is O=C1OC2(CCNCC2)CN1CC(F)F. The van der Waals surface area contributed by atoms with E-state index in [9.17, 15) is 13.6 Å². The van der Waals surface area contributed by atoms with Crippen molar-refractivity contribution in [1.29, 1.82) is 0 Å². The molecule has 0 bridgehead atoms. The van der Waals surface area contributed by atoms with Gasteiger partial charge in [-0.25, -0.2) is 13.6 Å². The molecule has 0 aromatic heterocycles. The number of ether oxygens (including phenoxy) is 1. The largest absolute Gasteiger partial charge is 0.441 e. The van der Waals surface area contributed by atoms with Gasteiger partial charge in [0.1, 0.15) is 5.60 Å². The fourth-order valence-corrected chi connectivity index (χ4v) is 2.14. The number of nitrogens with zero attached hydrogens (tertiary/aromatic N) is 1. The van der Waals surface area contributed by atoms with Gasteiger partial charge in [-0.05, 0) is 13.1 Å². The Bertz CT molecular complexity index is 254. The number of piperidine rings is 1. The molecule has 4 nitrogen and oxygen atoms in total. The summed E-state index contributed by atoms with van der Waals surface area (Å²) in [6.07, 6.45) is -1.68. The Labute approximate surface area is 86.6 Å². The van der Waals surface area contributed by atoms with Crippen LogP contribution in [0.2, 0.25) is 0 Å². The highest BCUT2D eigenvalue weighted by Gasteiger charge is 2.46. The number of carbonyl (C=O) groups excluding carboxylic acids is 1. The van der Waals surface area contributed by atoms with Crippen LogP contribution in [0.4, 0.5) is 13.6 Å². The zero-order chi connectivity index (χ0) is 10.9. The first-order valence-corrected chi connectivity index (χ1v) is 5.08. The van der Waals surface area contributed by atoms with E-state index in [4.69, 9.17) is 4.74 Å². The second kappa shape index (κ2) is 3.92. The predicted octanol–water partition coefficient (Wildman–Crippen LogP) is 0.826. The van der Waals surface area contributed by atoms with E-state index < -0.39 is 24.7 Å². The van der Waals surface area contributed by atoms with Crippen LogP contribution in [0.3, 0.4) is 0 Å². The van der Waals surface area contributed by atoms with Crippen molar-refractivity contribution in [3.8, 4) is 0 Å². The summed E-state index contributed by atoms with van der Waals surface area (Å²) in [7, 11) is 0. The Morgan fingerprint density at radius 2 is 2.13 bits per heavy atom. The summed E-state index contributed by atoms with van der Waals surface area (Å²) in [5.41, 5.74) is -0.517. The second-order valence-electron chi connectivity index (χ2n) is 4.07. The average Bonchev–Trinajstić information content (AvgIpc) is 2.43. The third-order valence-corrected chi connectivity index (χ3v) is 2.91. The first-order valence-electron chi connectivity index (χ1n) is 5.08. The molecule has 0 radical (unpaired) electrons. The van der Waals surface area contributed by atoms with E-state index in [-0.39, 0.29) is 0 Å². The van der Waals surface area contributed by atoms with Crippen LogP contribution in [0.25, 0.3) is 0 Å². The van der Waals surface area contributed by atoms with Gasteiger partial charge in [-0.2, -0.15) is 0 Å². The van der Waals surface area contributed by atoms with Gasteiger partial charge in [0.15, 0.2) is 0 Å². The summed E-state index contributed by atoms with van der Waals surface area (Å²) in [5.74, 6) is 0. The van der Waals surface area contributed by atoms with Gasteiger partial charge in [0.2, 0.25) is 0 Å². The van der Waals surface area contributed by atoms with E-state index in [0.29, 0.717) is 19.4 Å². The van der Waals surface area contributed by atoms with Crippen LogP contribution < -0.4 is 5.32 Å². The Morgan fingerprint density at radius 1 is 1.47 bits per heavy atom. The Morgan fingerprint density at radius 3 is 2.73 bits per heavy atom. The van der Waals surface area contributed by atoms with Crippen LogP contribution in [0.15, 0.2) is 0 Å². The maximum atomic E-state index is 12.2. The number of nitrogens with one attached hydrogen (secondary N) is 1. The number of amides is 1. The Kier molecular flexibility index (Phi) is 2.77. The van der Waals surface area contributed by atoms with Crippen molar-refractivity contribution >= 4 is 6.09 Å². The molecule has 1 N–H and O–H groups in total. The topological polar surface area (TPSA) is 41.6 Å². The third-order valence-electron chi connectivity index (χ3n) is 2.91. The molecule has 1 spiro atoms. The van der Waals surface area contributed by atoms with Crippen LogP contribution in [0.5, 0.6) is 0 Å². The van der Waals surface area contributed by atoms with Crippen molar-refractivity contribution in [3.05, 3.63) is 0 Å². The highest BCUT2D eigenvalue weighted by Crippen LogP contribution is 2.31. The van der Waals surface area contributed by atoms with E-state index in [1.54, 1.807) is 0 Å². The standard InChI is InChI=1S/C9H14F2N2O2/c10-7(11)5-13-6-9(15-8(13)14)1-3-12-4-2-9/h7,12H,1-6H2. The number of hydrogen-bond donors (Lipinski definition) is 1. The molecule has 0 saturated carbocycles. The van der Waals surface area contributed by atoms with Crippen molar-refractivity contribution in [2.75, 3.05) is 26.2 Å². The minimum Gasteiger partial charge on any atom is -0.441 e. The van der Waals surface area contributed by atoms with Gasteiger partial charge >= 0.3 is 6.09 Å². The molecule has 15 heavy (non-hydrogen) atoms. The van der Waals surface area contributed by atoms with Crippen LogP contribution in [-0.2, 0) is 4.74 Å². The quantitative estimate of drug-likeness (QED) is 0.749. The van der Waals surface area contributed by atoms with Crippen LogP contribution >= 0.6 is 0 Å². The van der Waals surface area contributed by atoms with Gasteiger partial charge in [-0.15, -0.1) is 0 Å². The first kappa shape index (κ1) is 10.6. The number of hydrogen-bond acceptors (Lipinski definition) is 3. The van der Waals surface area contributed by atoms with Crippen molar-refractivity contribution in [2.24, 2.45) is 0 Å². The van der Waals surface area contributed by atoms with E-state index in [0.717, 1.165) is 18.0 Å². The van der Waals surface area contributed by atoms with Gasteiger partial charge < -0.3 is 10.1 Å². The summed E-state index contributed by atoms with van der Waals surface area (Å²) >= 11 is 0. The van der Waals surface area contributed by atoms with Gasteiger partial charge in [0.05, 0.1) is 13.1 Å². The molecule has 1 amide bonds. The van der Waals surface area contributed by atoms with Gasteiger partial charge in [0, 0.05) is 12.8 Å². The normalized spacial score (nSPS) is 25.0. The maximum absolute atomic E-state index is 12.2. The van der Waals surface area contributed by atoms with Gasteiger partial charge in [0.25, 0.3) is 6.43 Å². The van der Waals surface area contributed by atoms with E-state index in [1.807, 2.05) is 0 Å². The molecule has 0 aliphatic carbocycles. The summed E-state index contributed by atoms with van der Waals surface area (Å²) in [5, 5.41) is 3.15.